The van der Waals surface area contributed by atoms with Gasteiger partial charge < -0.3 is 20.1 Å². The van der Waals surface area contributed by atoms with Gasteiger partial charge in [-0.1, -0.05) is 12.1 Å². The topological polar surface area (TPSA) is 67.6 Å². The van der Waals surface area contributed by atoms with Gasteiger partial charge in [-0.05, 0) is 46.8 Å². The molecule has 0 heterocycles. The zero-order chi connectivity index (χ0) is 18.1. The Morgan fingerprint density at radius 2 is 1.92 bits per heavy atom. The Morgan fingerprint density at radius 1 is 1.25 bits per heavy atom. The molecular formula is C19H34N2O3+2. The number of aliphatic hydroxyl groups excluding tert-OH is 1. The van der Waals surface area contributed by atoms with Crippen molar-refractivity contribution in [2.75, 3.05) is 26.2 Å². The molecule has 1 atom stereocenters. The van der Waals surface area contributed by atoms with E-state index in [2.05, 4.69) is 33.0 Å². The summed E-state index contributed by atoms with van der Waals surface area (Å²) in [7, 11) is 0. The fourth-order valence-electron chi connectivity index (χ4n) is 2.89. The van der Waals surface area contributed by atoms with Crippen LogP contribution in [0, 0.1) is 0 Å². The molecule has 5 nitrogen and oxygen atoms in total. The lowest BCUT2D eigenvalue weighted by molar-refractivity contribution is -0.952. The van der Waals surface area contributed by atoms with Crippen LogP contribution >= 0.6 is 0 Å². The third kappa shape index (κ3) is 7.43. The van der Waals surface area contributed by atoms with Crippen molar-refractivity contribution in [3.63, 3.8) is 0 Å². The molecule has 0 saturated carbocycles. The van der Waals surface area contributed by atoms with Crippen molar-refractivity contribution in [2.24, 2.45) is 0 Å². The van der Waals surface area contributed by atoms with Crippen LogP contribution in [-0.4, -0.2) is 55.3 Å². The van der Waals surface area contributed by atoms with Gasteiger partial charge in [-0.2, -0.15) is 0 Å². The molecule has 0 fully saturated rings. The highest BCUT2D eigenvalue weighted by atomic mass is 16.5. The van der Waals surface area contributed by atoms with Crippen LogP contribution in [0.25, 0.3) is 0 Å². The molecule has 0 aliphatic rings. The minimum Gasteiger partial charge on any atom is -0.491 e. The van der Waals surface area contributed by atoms with E-state index < -0.39 is 6.10 Å². The van der Waals surface area contributed by atoms with Gasteiger partial charge >= 0.3 is 0 Å². The Morgan fingerprint density at radius 3 is 2.50 bits per heavy atom. The van der Waals surface area contributed by atoms with E-state index in [9.17, 15) is 9.90 Å². The van der Waals surface area contributed by atoms with E-state index in [0.717, 1.165) is 13.1 Å². The van der Waals surface area contributed by atoms with Gasteiger partial charge in [-0.15, -0.1) is 0 Å². The summed E-state index contributed by atoms with van der Waals surface area (Å²) in [5.74, 6) is 0.633. The van der Waals surface area contributed by atoms with E-state index in [-0.39, 0.29) is 12.4 Å². The van der Waals surface area contributed by atoms with Crippen LogP contribution in [0.15, 0.2) is 24.3 Å². The summed E-state index contributed by atoms with van der Waals surface area (Å²) < 4.78 is 5.59. The number of ether oxygens (including phenoxy) is 1. The molecule has 1 aromatic rings. The van der Waals surface area contributed by atoms with Crippen molar-refractivity contribution in [1.82, 2.24) is 0 Å². The Balaban J connectivity index is 2.28. The number of nitrogens with one attached hydrogen (secondary N) is 1. The first-order valence-corrected chi connectivity index (χ1v) is 8.90. The minimum atomic E-state index is -0.521. The van der Waals surface area contributed by atoms with Crippen molar-refractivity contribution >= 4 is 5.78 Å². The number of ketones is 1. The molecule has 0 unspecified atom stereocenters. The molecule has 136 valence electrons. The summed E-state index contributed by atoms with van der Waals surface area (Å²) in [6, 6.07) is 8.29. The SMILES string of the molecule is CC(=O)c1cccc(OC[C@@H](O)C[NH2+]CC[NH+](C(C)C)C(C)C)c1. The summed E-state index contributed by atoms with van der Waals surface area (Å²) in [4.78, 5) is 12.9. The van der Waals surface area contributed by atoms with E-state index in [1.807, 2.05) is 0 Å². The van der Waals surface area contributed by atoms with Crippen molar-refractivity contribution in [3.05, 3.63) is 29.8 Å². The predicted octanol–water partition coefficient (Wildman–Crippen LogP) is -0.106. The highest BCUT2D eigenvalue weighted by molar-refractivity contribution is 5.94. The van der Waals surface area contributed by atoms with Gasteiger partial charge in [0.2, 0.25) is 0 Å². The van der Waals surface area contributed by atoms with Crippen molar-refractivity contribution in [1.29, 1.82) is 0 Å². The summed E-state index contributed by atoms with van der Waals surface area (Å²) in [6.45, 7) is 13.4. The van der Waals surface area contributed by atoms with Crippen molar-refractivity contribution in [2.45, 2.75) is 52.8 Å². The molecule has 1 aromatic carbocycles. The summed E-state index contributed by atoms with van der Waals surface area (Å²) in [5, 5.41) is 12.2. The Hall–Kier alpha value is -1.43. The van der Waals surface area contributed by atoms with Gasteiger partial charge in [0, 0.05) is 5.56 Å². The van der Waals surface area contributed by atoms with Gasteiger partial charge in [0.1, 0.15) is 38.1 Å². The van der Waals surface area contributed by atoms with Crippen LogP contribution < -0.4 is 15.0 Å². The van der Waals surface area contributed by atoms with Gasteiger partial charge in [-0.25, -0.2) is 0 Å². The van der Waals surface area contributed by atoms with Crippen LogP contribution in [0.3, 0.4) is 0 Å². The third-order valence-corrected chi connectivity index (χ3v) is 4.24. The second-order valence-corrected chi connectivity index (χ2v) is 7.00. The van der Waals surface area contributed by atoms with E-state index in [1.54, 1.807) is 29.2 Å². The molecule has 1 rings (SSSR count). The number of nitrogens with two attached hydrogens (primary N) is 1. The summed E-state index contributed by atoms with van der Waals surface area (Å²) in [6.07, 6.45) is -0.521. The largest absolute Gasteiger partial charge is 0.491 e. The monoisotopic (exact) mass is 338 g/mol. The smallest absolute Gasteiger partial charge is 0.159 e. The lowest BCUT2D eigenvalue weighted by Crippen LogP contribution is -3.19. The van der Waals surface area contributed by atoms with Crippen LogP contribution in [0.4, 0.5) is 0 Å². The van der Waals surface area contributed by atoms with Gasteiger partial charge in [0.15, 0.2) is 5.78 Å². The van der Waals surface area contributed by atoms with Gasteiger partial charge in [0.25, 0.3) is 0 Å². The van der Waals surface area contributed by atoms with Crippen LogP contribution in [0.1, 0.15) is 45.0 Å². The summed E-state index contributed by atoms with van der Waals surface area (Å²) >= 11 is 0. The van der Waals surface area contributed by atoms with E-state index in [0.29, 0.717) is 29.9 Å². The van der Waals surface area contributed by atoms with Crippen molar-refractivity contribution in [3.8, 4) is 5.75 Å². The average Bonchev–Trinajstić information content (AvgIpc) is 2.52. The van der Waals surface area contributed by atoms with E-state index in [1.165, 1.54) is 6.92 Å². The van der Waals surface area contributed by atoms with E-state index in [4.69, 9.17) is 4.74 Å². The average molecular weight is 338 g/mol. The number of hydrogen-bond donors (Lipinski definition) is 3. The van der Waals surface area contributed by atoms with Crippen LogP contribution in [-0.2, 0) is 0 Å². The number of quaternary nitrogens is 2. The number of hydrogen-bond acceptors (Lipinski definition) is 3. The minimum absolute atomic E-state index is 0.0108. The third-order valence-electron chi connectivity index (χ3n) is 4.24. The number of benzene rings is 1. The first-order valence-electron chi connectivity index (χ1n) is 8.90. The van der Waals surface area contributed by atoms with Gasteiger partial charge in [-0.3, -0.25) is 4.79 Å². The van der Waals surface area contributed by atoms with Crippen molar-refractivity contribution < 1.29 is 24.9 Å². The molecule has 0 aliphatic carbocycles. The molecular weight excluding hydrogens is 304 g/mol. The zero-order valence-corrected chi connectivity index (χ0v) is 15.7. The second kappa shape index (κ2) is 10.4. The Labute approximate surface area is 146 Å². The molecule has 0 aliphatic heterocycles. The number of rotatable bonds is 11. The number of carbonyl (C=O) groups excluding carboxylic acids is 1. The maximum absolute atomic E-state index is 11.3. The maximum Gasteiger partial charge on any atom is 0.159 e. The molecule has 4 N–H and O–H groups in total. The molecule has 0 spiro atoms. The van der Waals surface area contributed by atoms with Gasteiger partial charge in [0.05, 0.1) is 12.1 Å². The molecule has 24 heavy (non-hydrogen) atoms. The number of aliphatic hydroxyl groups is 1. The predicted molar refractivity (Wildman–Crippen MR) is 95.7 cm³/mol. The fourth-order valence-corrected chi connectivity index (χ4v) is 2.89. The first-order chi connectivity index (χ1) is 11.3. The summed E-state index contributed by atoms with van der Waals surface area (Å²) in [5.41, 5.74) is 0.624. The molecule has 0 bridgehead atoms. The Kier molecular flexibility index (Phi) is 8.97. The number of carbonyl (C=O) groups is 1. The normalized spacial score (nSPS) is 12.9. The molecule has 0 radical (unpaired) electrons. The molecule has 5 heteroatoms. The lowest BCUT2D eigenvalue weighted by atomic mass is 10.1. The highest BCUT2D eigenvalue weighted by Gasteiger charge is 2.17. The quantitative estimate of drug-likeness (QED) is 0.390. The maximum atomic E-state index is 11.3. The molecule has 0 aromatic heterocycles. The van der Waals surface area contributed by atoms with E-state index >= 15 is 0 Å². The molecule has 0 amide bonds. The van der Waals surface area contributed by atoms with Crippen LogP contribution in [0.5, 0.6) is 5.75 Å². The first kappa shape index (κ1) is 20.6. The molecule has 0 saturated heterocycles. The highest BCUT2D eigenvalue weighted by Crippen LogP contribution is 2.13. The zero-order valence-electron chi connectivity index (χ0n) is 15.7. The lowest BCUT2D eigenvalue weighted by Gasteiger charge is -2.26. The Bertz CT molecular complexity index is 495. The van der Waals surface area contributed by atoms with Crippen LogP contribution in [0.2, 0.25) is 0 Å². The standard InChI is InChI=1S/C19H32N2O3/c1-14(2)21(15(3)4)10-9-20-12-18(23)13-24-19-8-6-7-17(11-19)16(5)22/h6-8,11,14-15,18,20,23H,9-10,12-13H2,1-5H3/p+2/t18-/m0/s1. The fraction of sp³-hybridized carbons (Fsp3) is 0.632. The second-order valence-electron chi connectivity index (χ2n) is 7.00. The number of Topliss-reactive ketones (excluding diaryl/α,β-unsaturated/α-hetero) is 1.